The highest BCUT2D eigenvalue weighted by atomic mass is 15.4. The van der Waals surface area contributed by atoms with E-state index >= 15 is 0 Å². The van der Waals surface area contributed by atoms with Gasteiger partial charge in [0.05, 0.1) is 11.7 Å². The molecule has 102 valence electrons. The third-order valence-corrected chi connectivity index (χ3v) is 3.97. The Morgan fingerprint density at radius 3 is 3.06 bits per heavy atom. The van der Waals surface area contributed by atoms with Crippen LogP contribution in [-0.4, -0.2) is 22.9 Å². The molecular formula is C14H26N4. The second kappa shape index (κ2) is 6.23. The molecule has 2 rings (SSSR count). The number of nitrogens with one attached hydrogen (secondary N) is 1. The molecule has 2 heterocycles. The molecule has 0 fully saturated rings. The third-order valence-electron chi connectivity index (χ3n) is 3.97. The first kappa shape index (κ1) is 13.4. The minimum Gasteiger partial charge on any atom is -0.370 e. The standard InChI is InChI=1S/C14H26N4/c1-3-5-6-11(4-2)13-9-14-16-8-7-12(10-15)18(14)17-13/h9,11-12,16H,3-8,10,15H2,1-2H3. The molecule has 3 N–H and O–H groups in total. The van der Waals surface area contributed by atoms with Gasteiger partial charge < -0.3 is 11.1 Å². The van der Waals surface area contributed by atoms with Crippen LogP contribution in [0.25, 0.3) is 0 Å². The van der Waals surface area contributed by atoms with Crippen molar-refractivity contribution in [3.63, 3.8) is 0 Å². The lowest BCUT2D eigenvalue weighted by Gasteiger charge is -2.24. The lowest BCUT2D eigenvalue weighted by molar-refractivity contribution is 0.419. The summed E-state index contributed by atoms with van der Waals surface area (Å²) >= 11 is 0. The summed E-state index contributed by atoms with van der Waals surface area (Å²) in [5.41, 5.74) is 7.07. The smallest absolute Gasteiger partial charge is 0.124 e. The van der Waals surface area contributed by atoms with Crippen molar-refractivity contribution in [1.29, 1.82) is 0 Å². The quantitative estimate of drug-likeness (QED) is 0.816. The van der Waals surface area contributed by atoms with Crippen LogP contribution in [0.3, 0.4) is 0 Å². The van der Waals surface area contributed by atoms with Gasteiger partial charge in [-0.2, -0.15) is 5.10 Å². The number of rotatable bonds is 6. The molecule has 1 aromatic heterocycles. The van der Waals surface area contributed by atoms with Crippen molar-refractivity contribution < 1.29 is 0 Å². The molecule has 0 saturated carbocycles. The minimum atomic E-state index is 0.374. The van der Waals surface area contributed by atoms with Gasteiger partial charge in [-0.25, -0.2) is 4.68 Å². The highest BCUT2D eigenvalue weighted by Gasteiger charge is 2.22. The summed E-state index contributed by atoms with van der Waals surface area (Å²) in [7, 11) is 0. The van der Waals surface area contributed by atoms with Gasteiger partial charge in [-0.1, -0.05) is 26.7 Å². The summed E-state index contributed by atoms with van der Waals surface area (Å²) in [5, 5.41) is 8.23. The van der Waals surface area contributed by atoms with Crippen LogP contribution < -0.4 is 11.1 Å². The Kier molecular flexibility index (Phi) is 4.64. The van der Waals surface area contributed by atoms with Crippen LogP contribution in [0, 0.1) is 0 Å². The van der Waals surface area contributed by atoms with E-state index in [4.69, 9.17) is 10.8 Å². The average Bonchev–Trinajstić information content (AvgIpc) is 2.83. The van der Waals surface area contributed by atoms with E-state index in [1.165, 1.54) is 31.4 Å². The van der Waals surface area contributed by atoms with Gasteiger partial charge in [-0.3, -0.25) is 0 Å². The number of anilines is 1. The first-order valence-electron chi connectivity index (χ1n) is 7.33. The summed E-state index contributed by atoms with van der Waals surface area (Å²) in [6.07, 6.45) is 6.04. The molecule has 2 unspecified atom stereocenters. The molecule has 2 atom stereocenters. The number of nitrogens with two attached hydrogens (primary N) is 1. The van der Waals surface area contributed by atoms with Gasteiger partial charge in [0.1, 0.15) is 5.82 Å². The first-order chi connectivity index (χ1) is 8.80. The zero-order chi connectivity index (χ0) is 13.0. The maximum Gasteiger partial charge on any atom is 0.124 e. The van der Waals surface area contributed by atoms with E-state index in [2.05, 4.69) is 29.9 Å². The second-order valence-corrected chi connectivity index (χ2v) is 5.25. The Morgan fingerprint density at radius 2 is 2.39 bits per heavy atom. The Hall–Kier alpha value is -1.03. The van der Waals surface area contributed by atoms with Gasteiger partial charge in [0.2, 0.25) is 0 Å². The van der Waals surface area contributed by atoms with Crippen molar-refractivity contribution in [3.8, 4) is 0 Å². The van der Waals surface area contributed by atoms with Gasteiger partial charge in [0.25, 0.3) is 0 Å². The number of nitrogens with zero attached hydrogens (tertiary/aromatic N) is 2. The molecular weight excluding hydrogens is 224 g/mol. The van der Waals surface area contributed by atoms with E-state index < -0.39 is 0 Å². The maximum atomic E-state index is 5.83. The van der Waals surface area contributed by atoms with Crippen molar-refractivity contribution in [2.24, 2.45) is 5.73 Å². The van der Waals surface area contributed by atoms with Crippen LogP contribution in [0.1, 0.15) is 63.6 Å². The predicted molar refractivity (Wildman–Crippen MR) is 76.0 cm³/mol. The fourth-order valence-corrected chi connectivity index (χ4v) is 2.74. The Balaban J connectivity index is 2.16. The van der Waals surface area contributed by atoms with E-state index in [0.29, 0.717) is 18.5 Å². The largest absolute Gasteiger partial charge is 0.370 e. The van der Waals surface area contributed by atoms with Crippen molar-refractivity contribution >= 4 is 5.82 Å². The molecule has 18 heavy (non-hydrogen) atoms. The zero-order valence-corrected chi connectivity index (χ0v) is 11.7. The van der Waals surface area contributed by atoms with E-state index in [9.17, 15) is 0 Å². The second-order valence-electron chi connectivity index (χ2n) is 5.25. The summed E-state index contributed by atoms with van der Waals surface area (Å²) in [6.45, 7) is 6.20. The molecule has 0 spiro atoms. The van der Waals surface area contributed by atoms with Gasteiger partial charge in [-0.15, -0.1) is 0 Å². The number of unbranched alkanes of at least 4 members (excludes halogenated alkanes) is 1. The SMILES string of the molecule is CCCCC(CC)c1cc2n(n1)C(CN)CCN2. The van der Waals surface area contributed by atoms with Gasteiger partial charge >= 0.3 is 0 Å². The Morgan fingerprint density at radius 1 is 1.56 bits per heavy atom. The number of hydrogen-bond acceptors (Lipinski definition) is 3. The van der Waals surface area contributed by atoms with Crippen LogP contribution in [0.2, 0.25) is 0 Å². The average molecular weight is 250 g/mol. The summed E-state index contributed by atoms with van der Waals surface area (Å²) in [4.78, 5) is 0. The van der Waals surface area contributed by atoms with Crippen LogP contribution >= 0.6 is 0 Å². The van der Waals surface area contributed by atoms with Crippen LogP contribution in [0.4, 0.5) is 5.82 Å². The topological polar surface area (TPSA) is 55.9 Å². The van der Waals surface area contributed by atoms with Crippen molar-refractivity contribution in [2.75, 3.05) is 18.4 Å². The number of hydrogen-bond donors (Lipinski definition) is 2. The zero-order valence-electron chi connectivity index (χ0n) is 11.7. The fraction of sp³-hybridized carbons (Fsp3) is 0.786. The lowest BCUT2D eigenvalue weighted by atomic mass is 9.96. The van der Waals surface area contributed by atoms with Crippen molar-refractivity contribution in [1.82, 2.24) is 9.78 Å². The molecule has 0 bridgehead atoms. The van der Waals surface area contributed by atoms with Gasteiger partial charge in [0, 0.05) is 25.1 Å². The lowest BCUT2D eigenvalue weighted by Crippen LogP contribution is -2.28. The van der Waals surface area contributed by atoms with Crippen LogP contribution in [-0.2, 0) is 0 Å². The molecule has 1 aromatic rings. The van der Waals surface area contributed by atoms with E-state index in [1.807, 2.05) is 0 Å². The Labute approximate surface area is 110 Å². The van der Waals surface area contributed by atoms with Gasteiger partial charge in [0.15, 0.2) is 0 Å². The predicted octanol–water partition coefficient (Wildman–Crippen LogP) is 2.88. The summed E-state index contributed by atoms with van der Waals surface area (Å²) < 4.78 is 2.10. The highest BCUT2D eigenvalue weighted by molar-refractivity contribution is 5.40. The molecule has 0 aliphatic carbocycles. The van der Waals surface area contributed by atoms with E-state index in [0.717, 1.165) is 18.8 Å². The molecule has 4 nitrogen and oxygen atoms in total. The van der Waals surface area contributed by atoms with Crippen LogP contribution in [0.5, 0.6) is 0 Å². The first-order valence-corrected chi connectivity index (χ1v) is 7.33. The molecule has 0 saturated heterocycles. The van der Waals surface area contributed by atoms with E-state index in [1.54, 1.807) is 0 Å². The maximum absolute atomic E-state index is 5.83. The fourth-order valence-electron chi connectivity index (χ4n) is 2.74. The molecule has 0 radical (unpaired) electrons. The molecule has 0 aromatic carbocycles. The monoisotopic (exact) mass is 250 g/mol. The highest BCUT2D eigenvalue weighted by Crippen LogP contribution is 2.30. The third kappa shape index (κ3) is 2.69. The Bertz CT molecular complexity index is 372. The summed E-state index contributed by atoms with van der Waals surface area (Å²) in [5.74, 6) is 1.75. The van der Waals surface area contributed by atoms with Crippen LogP contribution in [0.15, 0.2) is 6.07 Å². The molecule has 4 heteroatoms. The van der Waals surface area contributed by atoms with Gasteiger partial charge in [-0.05, 0) is 19.3 Å². The normalized spacial score (nSPS) is 20.3. The van der Waals surface area contributed by atoms with E-state index in [-0.39, 0.29) is 0 Å². The number of fused-ring (bicyclic) bond motifs is 1. The van der Waals surface area contributed by atoms with Crippen molar-refractivity contribution in [2.45, 2.75) is 57.9 Å². The van der Waals surface area contributed by atoms with Crippen molar-refractivity contribution in [3.05, 3.63) is 11.8 Å². The molecule has 0 amide bonds. The molecule has 1 aliphatic heterocycles. The summed E-state index contributed by atoms with van der Waals surface area (Å²) in [6, 6.07) is 2.60. The minimum absolute atomic E-state index is 0.374. The number of aromatic nitrogens is 2. The molecule has 1 aliphatic rings.